The molecule has 1 N–H and O–H groups in total. The van der Waals surface area contributed by atoms with Crippen molar-refractivity contribution in [2.24, 2.45) is 5.92 Å². The van der Waals surface area contributed by atoms with Crippen LogP contribution in [-0.2, 0) is 0 Å². The summed E-state index contributed by atoms with van der Waals surface area (Å²) in [5.74, 6) is 1.00. The Labute approximate surface area is 115 Å². The minimum absolute atomic E-state index is 0.259. The summed E-state index contributed by atoms with van der Waals surface area (Å²) >= 11 is 0. The Morgan fingerprint density at radius 1 is 1.17 bits per heavy atom. The maximum Gasteiger partial charge on any atom is 0.00965 e. The number of hydrogen-bond donors (Lipinski definition) is 1. The van der Waals surface area contributed by atoms with E-state index >= 15 is 0 Å². The highest BCUT2D eigenvalue weighted by atomic mass is 15.2. The molecule has 1 rings (SSSR count). The van der Waals surface area contributed by atoms with Gasteiger partial charge in [0.25, 0.3) is 0 Å². The molecule has 1 aliphatic rings. The molecule has 1 atom stereocenters. The summed E-state index contributed by atoms with van der Waals surface area (Å²) in [6.07, 6.45) is 5.52. The van der Waals surface area contributed by atoms with Crippen LogP contribution in [0.2, 0.25) is 0 Å². The van der Waals surface area contributed by atoms with Crippen LogP contribution in [-0.4, -0.2) is 35.6 Å². The van der Waals surface area contributed by atoms with Crippen LogP contribution in [0.3, 0.4) is 0 Å². The molecule has 1 fully saturated rings. The van der Waals surface area contributed by atoms with Gasteiger partial charge in [0.15, 0.2) is 0 Å². The van der Waals surface area contributed by atoms with Crippen molar-refractivity contribution in [3.05, 3.63) is 0 Å². The van der Waals surface area contributed by atoms with Crippen LogP contribution in [0.5, 0.6) is 0 Å². The van der Waals surface area contributed by atoms with Crippen molar-refractivity contribution in [1.29, 1.82) is 0 Å². The summed E-state index contributed by atoms with van der Waals surface area (Å²) in [4.78, 5) is 2.70. The lowest BCUT2D eigenvalue weighted by Gasteiger charge is -2.33. The van der Waals surface area contributed by atoms with E-state index in [0.29, 0.717) is 6.04 Å². The molecule has 0 aliphatic heterocycles. The lowest BCUT2D eigenvalue weighted by Crippen LogP contribution is -2.41. The number of rotatable bonds is 8. The Kier molecular flexibility index (Phi) is 6.13. The summed E-state index contributed by atoms with van der Waals surface area (Å²) in [5, 5.41) is 3.58. The average molecular weight is 254 g/mol. The van der Waals surface area contributed by atoms with E-state index in [1.807, 2.05) is 0 Å². The van der Waals surface area contributed by atoms with E-state index < -0.39 is 0 Å². The first kappa shape index (κ1) is 16.0. The Balaban J connectivity index is 2.21. The topological polar surface area (TPSA) is 15.3 Å². The summed E-state index contributed by atoms with van der Waals surface area (Å²) in [6.45, 7) is 16.3. The van der Waals surface area contributed by atoms with Crippen LogP contribution in [0, 0.1) is 5.92 Å². The molecule has 0 heterocycles. The summed E-state index contributed by atoms with van der Waals surface area (Å²) < 4.78 is 0. The molecule has 0 radical (unpaired) electrons. The Morgan fingerprint density at radius 2 is 1.78 bits per heavy atom. The third-order valence-electron chi connectivity index (χ3n) is 3.85. The molecule has 1 aliphatic carbocycles. The Bertz CT molecular complexity index is 226. The zero-order valence-electron chi connectivity index (χ0n) is 13.4. The standard InChI is InChI=1S/C16H34N2/c1-13(2)18(12-15-9-10-15)14(3)8-7-11-17-16(4,5)6/h13-15,17H,7-12H2,1-6H3. The van der Waals surface area contributed by atoms with Gasteiger partial charge >= 0.3 is 0 Å². The van der Waals surface area contributed by atoms with E-state index in [2.05, 4.69) is 51.8 Å². The fourth-order valence-electron chi connectivity index (χ4n) is 2.52. The first-order valence-corrected chi connectivity index (χ1v) is 7.80. The maximum atomic E-state index is 3.58. The smallest absolute Gasteiger partial charge is 0.00965 e. The normalized spacial score (nSPS) is 18.7. The maximum absolute atomic E-state index is 3.58. The van der Waals surface area contributed by atoms with Crippen LogP contribution in [0.1, 0.15) is 67.2 Å². The second kappa shape index (κ2) is 6.91. The first-order valence-electron chi connectivity index (χ1n) is 7.80. The van der Waals surface area contributed by atoms with Crippen molar-refractivity contribution in [2.75, 3.05) is 13.1 Å². The van der Waals surface area contributed by atoms with Crippen LogP contribution >= 0.6 is 0 Å². The predicted octanol–water partition coefficient (Wildman–Crippen LogP) is 3.66. The van der Waals surface area contributed by atoms with Crippen molar-refractivity contribution in [2.45, 2.75) is 84.8 Å². The van der Waals surface area contributed by atoms with E-state index in [9.17, 15) is 0 Å². The molecule has 0 bridgehead atoms. The summed E-state index contributed by atoms with van der Waals surface area (Å²) in [6, 6.07) is 1.42. The van der Waals surface area contributed by atoms with E-state index in [1.165, 1.54) is 32.2 Å². The van der Waals surface area contributed by atoms with Crippen LogP contribution < -0.4 is 5.32 Å². The molecule has 0 aromatic rings. The van der Waals surface area contributed by atoms with Crippen LogP contribution in [0.4, 0.5) is 0 Å². The monoisotopic (exact) mass is 254 g/mol. The van der Waals surface area contributed by atoms with Gasteiger partial charge in [-0.2, -0.15) is 0 Å². The minimum Gasteiger partial charge on any atom is -0.312 e. The molecule has 2 heteroatoms. The van der Waals surface area contributed by atoms with Gasteiger partial charge in [-0.1, -0.05) is 0 Å². The molecule has 108 valence electrons. The van der Waals surface area contributed by atoms with Gasteiger partial charge in [0.1, 0.15) is 0 Å². The second-order valence-corrected chi connectivity index (χ2v) is 7.40. The largest absolute Gasteiger partial charge is 0.312 e. The molecule has 2 nitrogen and oxygen atoms in total. The van der Waals surface area contributed by atoms with Gasteiger partial charge in [0, 0.05) is 24.2 Å². The van der Waals surface area contributed by atoms with Crippen LogP contribution in [0.25, 0.3) is 0 Å². The van der Waals surface area contributed by atoms with Gasteiger partial charge in [0.2, 0.25) is 0 Å². The predicted molar refractivity (Wildman–Crippen MR) is 81.0 cm³/mol. The summed E-state index contributed by atoms with van der Waals surface area (Å²) in [5.41, 5.74) is 0.259. The highest BCUT2D eigenvalue weighted by Gasteiger charge is 2.27. The minimum atomic E-state index is 0.259. The highest BCUT2D eigenvalue weighted by Crippen LogP contribution is 2.31. The van der Waals surface area contributed by atoms with E-state index in [-0.39, 0.29) is 5.54 Å². The number of nitrogens with zero attached hydrogens (tertiary/aromatic N) is 1. The molecule has 0 saturated heterocycles. The summed E-state index contributed by atoms with van der Waals surface area (Å²) in [7, 11) is 0. The highest BCUT2D eigenvalue weighted by molar-refractivity contribution is 4.81. The van der Waals surface area contributed by atoms with Crippen molar-refractivity contribution >= 4 is 0 Å². The number of nitrogens with one attached hydrogen (secondary N) is 1. The molecule has 0 aromatic heterocycles. The third kappa shape index (κ3) is 6.75. The van der Waals surface area contributed by atoms with Gasteiger partial charge in [0.05, 0.1) is 0 Å². The lowest BCUT2D eigenvalue weighted by molar-refractivity contribution is 0.147. The molecule has 0 aromatic carbocycles. The Morgan fingerprint density at radius 3 is 2.22 bits per heavy atom. The van der Waals surface area contributed by atoms with Crippen molar-refractivity contribution < 1.29 is 0 Å². The molecular formula is C16H34N2. The molecule has 0 spiro atoms. The fraction of sp³-hybridized carbons (Fsp3) is 1.00. The molecule has 18 heavy (non-hydrogen) atoms. The van der Waals surface area contributed by atoms with Gasteiger partial charge in [-0.05, 0) is 79.7 Å². The van der Waals surface area contributed by atoms with Gasteiger partial charge in [-0.25, -0.2) is 0 Å². The van der Waals surface area contributed by atoms with E-state index in [1.54, 1.807) is 0 Å². The quantitative estimate of drug-likeness (QED) is 0.665. The SMILES string of the molecule is CC(C)N(CC1CC1)C(C)CCCNC(C)(C)C. The zero-order valence-corrected chi connectivity index (χ0v) is 13.4. The van der Waals surface area contributed by atoms with Gasteiger partial charge in [-0.15, -0.1) is 0 Å². The van der Waals surface area contributed by atoms with E-state index in [0.717, 1.165) is 18.5 Å². The Hall–Kier alpha value is -0.0800. The fourth-order valence-corrected chi connectivity index (χ4v) is 2.52. The van der Waals surface area contributed by atoms with Crippen molar-refractivity contribution in [3.8, 4) is 0 Å². The average Bonchev–Trinajstić information content (AvgIpc) is 3.02. The van der Waals surface area contributed by atoms with Gasteiger partial charge < -0.3 is 5.32 Å². The first-order chi connectivity index (χ1) is 8.29. The van der Waals surface area contributed by atoms with Crippen LogP contribution in [0.15, 0.2) is 0 Å². The molecule has 1 saturated carbocycles. The lowest BCUT2D eigenvalue weighted by atomic mass is 10.1. The van der Waals surface area contributed by atoms with Crippen molar-refractivity contribution in [3.63, 3.8) is 0 Å². The zero-order chi connectivity index (χ0) is 13.8. The van der Waals surface area contributed by atoms with Crippen molar-refractivity contribution in [1.82, 2.24) is 10.2 Å². The third-order valence-corrected chi connectivity index (χ3v) is 3.85. The molecular weight excluding hydrogens is 220 g/mol. The van der Waals surface area contributed by atoms with Gasteiger partial charge in [-0.3, -0.25) is 4.90 Å². The second-order valence-electron chi connectivity index (χ2n) is 7.40. The molecule has 1 unspecified atom stereocenters. The molecule has 0 amide bonds. The number of hydrogen-bond acceptors (Lipinski definition) is 2. The van der Waals surface area contributed by atoms with E-state index in [4.69, 9.17) is 0 Å².